The molecule has 0 saturated carbocycles. The summed E-state index contributed by atoms with van der Waals surface area (Å²) < 4.78 is 5.46. The van der Waals surface area contributed by atoms with Crippen molar-refractivity contribution in [2.75, 3.05) is 12.8 Å². The highest BCUT2D eigenvalue weighted by Gasteiger charge is 2.21. The second-order valence-corrected chi connectivity index (χ2v) is 5.45. The fourth-order valence-electron chi connectivity index (χ4n) is 2.90. The number of nitrogen functional groups attached to an aromatic ring is 1. The summed E-state index contributed by atoms with van der Waals surface area (Å²) in [6, 6.07) is 12.5. The van der Waals surface area contributed by atoms with Crippen LogP contribution in [0, 0.1) is 6.92 Å². The largest absolute Gasteiger partial charge is 0.496 e. The third-order valence-corrected chi connectivity index (χ3v) is 3.91. The number of rotatable bonds is 3. The van der Waals surface area contributed by atoms with Gasteiger partial charge in [0.15, 0.2) is 0 Å². The van der Waals surface area contributed by atoms with E-state index in [9.17, 15) is 0 Å². The Morgan fingerprint density at radius 3 is 2.80 bits per heavy atom. The Labute approximate surface area is 120 Å². The number of nitrogens with zero attached hydrogens (tertiary/aromatic N) is 1. The van der Waals surface area contributed by atoms with Gasteiger partial charge in [-0.25, -0.2) is 0 Å². The first-order valence-corrected chi connectivity index (χ1v) is 6.89. The smallest absolute Gasteiger partial charge is 0.123 e. The quantitative estimate of drug-likeness (QED) is 0.869. The van der Waals surface area contributed by atoms with E-state index >= 15 is 0 Å². The van der Waals surface area contributed by atoms with Crippen LogP contribution in [0.25, 0.3) is 0 Å². The SMILES string of the molecule is COc1ccc(C)cc1CN1Cc2cccc(N)c2C1. The van der Waals surface area contributed by atoms with Crippen LogP contribution in [0.4, 0.5) is 5.69 Å². The van der Waals surface area contributed by atoms with E-state index in [0.717, 1.165) is 31.1 Å². The van der Waals surface area contributed by atoms with Crippen molar-refractivity contribution in [3.05, 3.63) is 58.7 Å². The summed E-state index contributed by atoms with van der Waals surface area (Å²) in [6.07, 6.45) is 0. The van der Waals surface area contributed by atoms with Gasteiger partial charge >= 0.3 is 0 Å². The van der Waals surface area contributed by atoms with Crippen molar-refractivity contribution in [2.45, 2.75) is 26.6 Å². The summed E-state index contributed by atoms with van der Waals surface area (Å²) in [7, 11) is 1.73. The molecule has 0 fully saturated rings. The third kappa shape index (κ3) is 2.37. The minimum atomic E-state index is 0.888. The van der Waals surface area contributed by atoms with E-state index in [0.29, 0.717) is 0 Å². The van der Waals surface area contributed by atoms with Gasteiger partial charge in [-0.2, -0.15) is 0 Å². The number of anilines is 1. The van der Waals surface area contributed by atoms with Crippen LogP contribution < -0.4 is 10.5 Å². The van der Waals surface area contributed by atoms with E-state index in [-0.39, 0.29) is 0 Å². The predicted molar refractivity (Wildman–Crippen MR) is 81.5 cm³/mol. The average Bonchev–Trinajstić information content (AvgIpc) is 2.83. The zero-order valence-electron chi connectivity index (χ0n) is 12.0. The molecule has 3 rings (SSSR count). The highest BCUT2D eigenvalue weighted by atomic mass is 16.5. The van der Waals surface area contributed by atoms with Gasteiger partial charge in [-0.05, 0) is 30.2 Å². The molecule has 0 spiro atoms. The van der Waals surface area contributed by atoms with Gasteiger partial charge < -0.3 is 10.5 Å². The van der Waals surface area contributed by atoms with E-state index in [4.69, 9.17) is 10.5 Å². The van der Waals surface area contributed by atoms with E-state index in [1.54, 1.807) is 7.11 Å². The molecule has 3 nitrogen and oxygen atoms in total. The number of hydrogen-bond acceptors (Lipinski definition) is 3. The van der Waals surface area contributed by atoms with Crippen molar-refractivity contribution < 1.29 is 4.74 Å². The summed E-state index contributed by atoms with van der Waals surface area (Å²) in [6.45, 7) is 4.87. The Bertz CT molecular complexity index is 637. The van der Waals surface area contributed by atoms with Gasteiger partial charge in [0.05, 0.1) is 7.11 Å². The number of hydrogen-bond donors (Lipinski definition) is 1. The van der Waals surface area contributed by atoms with Gasteiger partial charge in [0.25, 0.3) is 0 Å². The van der Waals surface area contributed by atoms with Crippen molar-refractivity contribution in [2.24, 2.45) is 0 Å². The summed E-state index contributed by atoms with van der Waals surface area (Å²) >= 11 is 0. The highest BCUT2D eigenvalue weighted by molar-refractivity contribution is 5.52. The molecule has 2 N–H and O–H groups in total. The fraction of sp³-hybridized carbons (Fsp3) is 0.294. The molecule has 0 amide bonds. The van der Waals surface area contributed by atoms with Crippen molar-refractivity contribution in [1.82, 2.24) is 4.90 Å². The average molecular weight is 268 g/mol. The van der Waals surface area contributed by atoms with E-state index in [2.05, 4.69) is 30.0 Å². The van der Waals surface area contributed by atoms with Gasteiger partial charge in [0, 0.05) is 30.9 Å². The van der Waals surface area contributed by atoms with Crippen LogP contribution >= 0.6 is 0 Å². The molecule has 20 heavy (non-hydrogen) atoms. The number of benzene rings is 2. The molecule has 1 aliphatic rings. The summed E-state index contributed by atoms with van der Waals surface area (Å²) in [4.78, 5) is 2.40. The Kier molecular flexibility index (Phi) is 3.36. The van der Waals surface area contributed by atoms with Crippen molar-refractivity contribution in [3.8, 4) is 5.75 Å². The predicted octanol–water partition coefficient (Wildman–Crippen LogP) is 3.10. The highest BCUT2D eigenvalue weighted by Crippen LogP contribution is 2.30. The molecule has 0 saturated heterocycles. The van der Waals surface area contributed by atoms with Crippen molar-refractivity contribution in [1.29, 1.82) is 0 Å². The van der Waals surface area contributed by atoms with Crippen LogP contribution in [0.1, 0.15) is 22.3 Å². The molecule has 0 aromatic heterocycles. The minimum absolute atomic E-state index is 0.888. The number of methoxy groups -OCH3 is 1. The number of ether oxygens (including phenoxy) is 1. The lowest BCUT2D eigenvalue weighted by Gasteiger charge is -2.17. The topological polar surface area (TPSA) is 38.5 Å². The van der Waals surface area contributed by atoms with Gasteiger partial charge in [-0.1, -0.05) is 29.8 Å². The van der Waals surface area contributed by atoms with Gasteiger partial charge in [-0.3, -0.25) is 4.90 Å². The van der Waals surface area contributed by atoms with Crippen LogP contribution in [-0.2, 0) is 19.6 Å². The van der Waals surface area contributed by atoms with E-state index < -0.39 is 0 Å². The van der Waals surface area contributed by atoms with Gasteiger partial charge in [0.2, 0.25) is 0 Å². The molecule has 2 aromatic rings. The lowest BCUT2D eigenvalue weighted by atomic mass is 10.1. The Morgan fingerprint density at radius 1 is 1.20 bits per heavy atom. The van der Waals surface area contributed by atoms with Gasteiger partial charge in [0.1, 0.15) is 5.75 Å². The summed E-state index contributed by atoms with van der Waals surface area (Å²) in [5.41, 5.74) is 12.1. The first kappa shape index (κ1) is 13.0. The molecule has 0 unspecified atom stereocenters. The molecule has 0 bridgehead atoms. The second-order valence-electron chi connectivity index (χ2n) is 5.45. The fourth-order valence-corrected chi connectivity index (χ4v) is 2.90. The molecule has 1 aliphatic heterocycles. The molecule has 2 aromatic carbocycles. The molecular formula is C17H20N2O. The van der Waals surface area contributed by atoms with Crippen LogP contribution in [0.2, 0.25) is 0 Å². The Balaban J connectivity index is 1.81. The van der Waals surface area contributed by atoms with E-state index in [1.807, 2.05) is 18.2 Å². The molecule has 0 aliphatic carbocycles. The molecule has 3 heteroatoms. The standard InChI is InChI=1S/C17H20N2O/c1-12-6-7-17(20-2)14(8-12)10-19-9-13-4-3-5-16(18)15(13)11-19/h3-8H,9-11,18H2,1-2H3. The van der Waals surface area contributed by atoms with Gasteiger partial charge in [-0.15, -0.1) is 0 Å². The molecule has 0 atom stereocenters. The normalized spacial score (nSPS) is 14.3. The Morgan fingerprint density at radius 2 is 2.05 bits per heavy atom. The minimum Gasteiger partial charge on any atom is -0.496 e. The maximum Gasteiger partial charge on any atom is 0.123 e. The van der Waals surface area contributed by atoms with Crippen molar-refractivity contribution >= 4 is 5.69 Å². The summed E-state index contributed by atoms with van der Waals surface area (Å²) in [5.74, 6) is 0.958. The molecule has 1 heterocycles. The van der Waals surface area contributed by atoms with Crippen LogP contribution in [-0.4, -0.2) is 12.0 Å². The second kappa shape index (κ2) is 5.17. The summed E-state index contributed by atoms with van der Waals surface area (Å²) in [5, 5.41) is 0. The monoisotopic (exact) mass is 268 g/mol. The first-order chi connectivity index (χ1) is 9.67. The molecule has 104 valence electrons. The van der Waals surface area contributed by atoms with Crippen molar-refractivity contribution in [3.63, 3.8) is 0 Å². The first-order valence-electron chi connectivity index (χ1n) is 6.89. The third-order valence-electron chi connectivity index (χ3n) is 3.91. The lowest BCUT2D eigenvalue weighted by Crippen LogP contribution is -2.16. The molecule has 0 radical (unpaired) electrons. The zero-order valence-corrected chi connectivity index (χ0v) is 12.0. The Hall–Kier alpha value is -2.00. The van der Waals surface area contributed by atoms with Crippen LogP contribution in [0.3, 0.4) is 0 Å². The van der Waals surface area contributed by atoms with Crippen LogP contribution in [0.5, 0.6) is 5.75 Å². The number of fused-ring (bicyclic) bond motifs is 1. The number of nitrogens with two attached hydrogens (primary N) is 1. The number of aryl methyl sites for hydroxylation is 1. The zero-order chi connectivity index (χ0) is 14.1. The maximum absolute atomic E-state index is 6.06. The van der Waals surface area contributed by atoms with E-state index in [1.165, 1.54) is 22.3 Å². The lowest BCUT2D eigenvalue weighted by molar-refractivity contribution is 0.270. The van der Waals surface area contributed by atoms with Crippen LogP contribution in [0.15, 0.2) is 36.4 Å². The maximum atomic E-state index is 6.06. The molecular weight excluding hydrogens is 248 g/mol.